The molecule has 0 aliphatic heterocycles. The van der Waals surface area contributed by atoms with Gasteiger partial charge in [0.25, 0.3) is 5.69 Å². The van der Waals surface area contributed by atoms with Crippen LogP contribution >= 0.6 is 22.9 Å². The summed E-state index contributed by atoms with van der Waals surface area (Å²) in [5, 5.41) is 12.1. The minimum absolute atomic E-state index is 0.0176. The van der Waals surface area contributed by atoms with Gasteiger partial charge in [-0.15, -0.1) is 11.3 Å². The maximum Gasteiger partial charge on any atom is 0.270 e. The normalized spacial score (nSPS) is 11.4. The molecule has 1 aromatic heterocycles. The third-order valence-electron chi connectivity index (χ3n) is 3.16. The molecule has 0 aliphatic carbocycles. The lowest BCUT2D eigenvalue weighted by atomic mass is 10.2. The number of nitro benzene ring substituents is 1. The number of hydrogen-bond donors (Lipinski definition) is 0. The Labute approximate surface area is 135 Å². The fourth-order valence-corrected chi connectivity index (χ4v) is 3.09. The van der Waals surface area contributed by atoms with Crippen LogP contribution in [0.5, 0.6) is 0 Å². The van der Waals surface area contributed by atoms with Crippen molar-refractivity contribution < 1.29 is 4.92 Å². The standard InChI is InChI=1S/C16H11ClN2O2S/c1-10-2-6-15-14(8-10)18-16(22-15)7-3-11-9-12(19(20)21)4-5-13(11)17/h2-9H,1H3/b7-3+. The molecule has 0 N–H and O–H groups in total. The third kappa shape index (κ3) is 3.00. The SMILES string of the molecule is Cc1ccc2sc(/C=C/c3cc([N+](=O)[O-])ccc3Cl)nc2c1. The zero-order chi connectivity index (χ0) is 15.7. The van der Waals surface area contributed by atoms with Gasteiger partial charge in [-0.2, -0.15) is 0 Å². The van der Waals surface area contributed by atoms with Crippen LogP contribution in [0.15, 0.2) is 36.4 Å². The van der Waals surface area contributed by atoms with Gasteiger partial charge in [0.1, 0.15) is 5.01 Å². The van der Waals surface area contributed by atoms with Gasteiger partial charge in [0.15, 0.2) is 0 Å². The molecule has 22 heavy (non-hydrogen) atoms. The monoisotopic (exact) mass is 330 g/mol. The Bertz CT molecular complexity index is 902. The number of benzene rings is 2. The molecule has 3 rings (SSSR count). The molecule has 110 valence electrons. The Kier molecular flexibility index (Phi) is 3.92. The minimum atomic E-state index is -0.436. The quantitative estimate of drug-likeness (QED) is 0.481. The van der Waals surface area contributed by atoms with Gasteiger partial charge >= 0.3 is 0 Å². The van der Waals surface area contributed by atoms with Gasteiger partial charge in [-0.05, 0) is 42.3 Å². The Hall–Kier alpha value is -2.24. The Morgan fingerprint density at radius 1 is 1.23 bits per heavy atom. The van der Waals surface area contributed by atoms with Crippen LogP contribution in [-0.4, -0.2) is 9.91 Å². The topological polar surface area (TPSA) is 56.0 Å². The number of halogens is 1. The molecule has 0 atom stereocenters. The minimum Gasteiger partial charge on any atom is -0.258 e. The lowest BCUT2D eigenvalue weighted by Crippen LogP contribution is -1.88. The first-order valence-corrected chi connectivity index (χ1v) is 7.71. The smallest absolute Gasteiger partial charge is 0.258 e. The number of hydrogen-bond acceptors (Lipinski definition) is 4. The summed E-state index contributed by atoms with van der Waals surface area (Å²) in [6, 6.07) is 10.5. The lowest BCUT2D eigenvalue weighted by molar-refractivity contribution is -0.384. The van der Waals surface area contributed by atoms with E-state index in [0.717, 1.165) is 20.8 Å². The molecule has 1 heterocycles. The van der Waals surface area contributed by atoms with Gasteiger partial charge in [0.2, 0.25) is 0 Å². The highest BCUT2D eigenvalue weighted by Gasteiger charge is 2.08. The van der Waals surface area contributed by atoms with E-state index >= 15 is 0 Å². The van der Waals surface area contributed by atoms with Crippen molar-refractivity contribution in [2.45, 2.75) is 6.92 Å². The molecule has 2 aromatic carbocycles. The summed E-state index contributed by atoms with van der Waals surface area (Å²) < 4.78 is 1.11. The van der Waals surface area contributed by atoms with Crippen molar-refractivity contribution in [3.8, 4) is 0 Å². The van der Waals surface area contributed by atoms with E-state index in [2.05, 4.69) is 4.98 Å². The van der Waals surface area contributed by atoms with Crippen LogP contribution in [0.1, 0.15) is 16.1 Å². The predicted molar refractivity (Wildman–Crippen MR) is 91.4 cm³/mol. The molecule has 6 heteroatoms. The van der Waals surface area contributed by atoms with Crippen molar-refractivity contribution in [1.82, 2.24) is 4.98 Å². The fraction of sp³-hybridized carbons (Fsp3) is 0.0625. The van der Waals surface area contributed by atoms with Crippen LogP contribution in [0.25, 0.3) is 22.4 Å². The summed E-state index contributed by atoms with van der Waals surface area (Å²) in [4.78, 5) is 14.9. The maximum absolute atomic E-state index is 10.8. The van der Waals surface area contributed by atoms with Gasteiger partial charge in [0.05, 0.1) is 15.1 Å². The Morgan fingerprint density at radius 2 is 2.05 bits per heavy atom. The molecule has 0 bridgehead atoms. The molecule has 0 unspecified atom stereocenters. The number of thiazole rings is 1. The van der Waals surface area contributed by atoms with Gasteiger partial charge < -0.3 is 0 Å². The van der Waals surface area contributed by atoms with E-state index in [1.807, 2.05) is 31.2 Å². The summed E-state index contributed by atoms with van der Waals surface area (Å²) >= 11 is 7.64. The van der Waals surface area contributed by atoms with Crippen LogP contribution < -0.4 is 0 Å². The number of aryl methyl sites for hydroxylation is 1. The van der Waals surface area contributed by atoms with Gasteiger partial charge in [-0.25, -0.2) is 4.98 Å². The van der Waals surface area contributed by atoms with Crippen LogP contribution in [0, 0.1) is 17.0 Å². The zero-order valence-electron chi connectivity index (χ0n) is 11.6. The second-order valence-corrected chi connectivity index (χ2v) is 6.29. The first kappa shape index (κ1) is 14.7. The highest BCUT2D eigenvalue weighted by Crippen LogP contribution is 2.27. The van der Waals surface area contributed by atoms with Gasteiger partial charge in [-0.1, -0.05) is 23.7 Å². The van der Waals surface area contributed by atoms with Crippen LogP contribution in [0.2, 0.25) is 5.02 Å². The van der Waals surface area contributed by atoms with E-state index < -0.39 is 4.92 Å². The van der Waals surface area contributed by atoms with E-state index in [4.69, 9.17) is 11.6 Å². The van der Waals surface area contributed by atoms with Crippen molar-refractivity contribution in [3.05, 3.63) is 67.7 Å². The van der Waals surface area contributed by atoms with Crippen molar-refractivity contribution in [3.63, 3.8) is 0 Å². The lowest BCUT2D eigenvalue weighted by Gasteiger charge is -1.97. The summed E-state index contributed by atoms with van der Waals surface area (Å²) in [6.45, 7) is 2.02. The number of nitro groups is 1. The average molecular weight is 331 g/mol. The molecule has 0 radical (unpaired) electrons. The molecule has 0 saturated carbocycles. The predicted octanol–water partition coefficient (Wildman–Crippen LogP) is 5.34. The maximum atomic E-state index is 10.8. The molecular weight excluding hydrogens is 320 g/mol. The van der Waals surface area contributed by atoms with Crippen LogP contribution in [0.4, 0.5) is 5.69 Å². The fourth-order valence-electron chi connectivity index (χ4n) is 2.06. The molecule has 0 fully saturated rings. The molecular formula is C16H11ClN2O2S. The number of aromatic nitrogens is 1. The van der Waals surface area contributed by atoms with Crippen molar-refractivity contribution in [2.75, 3.05) is 0 Å². The van der Waals surface area contributed by atoms with Crippen molar-refractivity contribution >= 4 is 51.0 Å². The summed E-state index contributed by atoms with van der Waals surface area (Å²) in [5.41, 5.74) is 2.74. The van der Waals surface area contributed by atoms with E-state index in [0.29, 0.717) is 10.6 Å². The van der Waals surface area contributed by atoms with Crippen molar-refractivity contribution in [1.29, 1.82) is 0 Å². The molecule has 4 nitrogen and oxygen atoms in total. The van der Waals surface area contributed by atoms with E-state index in [9.17, 15) is 10.1 Å². The summed E-state index contributed by atoms with van der Waals surface area (Å²) in [7, 11) is 0. The van der Waals surface area contributed by atoms with Gasteiger partial charge in [-0.3, -0.25) is 10.1 Å². The molecule has 3 aromatic rings. The Balaban J connectivity index is 1.95. The molecule has 0 saturated heterocycles. The second kappa shape index (κ2) is 5.87. The number of rotatable bonds is 3. The molecule has 0 aliphatic rings. The average Bonchev–Trinajstić information content (AvgIpc) is 2.88. The highest BCUT2D eigenvalue weighted by molar-refractivity contribution is 7.19. The first-order chi connectivity index (χ1) is 10.5. The Morgan fingerprint density at radius 3 is 2.82 bits per heavy atom. The summed E-state index contributed by atoms with van der Waals surface area (Å²) in [6.07, 6.45) is 3.57. The molecule has 0 amide bonds. The highest BCUT2D eigenvalue weighted by atomic mass is 35.5. The number of nitrogens with zero attached hydrogens (tertiary/aromatic N) is 2. The zero-order valence-corrected chi connectivity index (χ0v) is 13.2. The van der Waals surface area contributed by atoms with E-state index in [-0.39, 0.29) is 5.69 Å². The number of fused-ring (bicyclic) bond motifs is 1. The van der Waals surface area contributed by atoms with Gasteiger partial charge in [0, 0.05) is 17.2 Å². The van der Waals surface area contributed by atoms with Crippen molar-refractivity contribution in [2.24, 2.45) is 0 Å². The first-order valence-electron chi connectivity index (χ1n) is 6.52. The second-order valence-electron chi connectivity index (χ2n) is 4.82. The molecule has 0 spiro atoms. The van der Waals surface area contributed by atoms with E-state index in [1.54, 1.807) is 17.4 Å². The number of non-ortho nitro benzene ring substituents is 1. The largest absolute Gasteiger partial charge is 0.270 e. The van der Waals surface area contributed by atoms with E-state index in [1.165, 1.54) is 18.2 Å². The van der Waals surface area contributed by atoms with Crippen LogP contribution in [0.3, 0.4) is 0 Å². The third-order valence-corrected chi connectivity index (χ3v) is 4.50. The summed E-state index contributed by atoms with van der Waals surface area (Å²) in [5.74, 6) is 0. The van der Waals surface area contributed by atoms with Crippen LogP contribution in [-0.2, 0) is 0 Å².